The molecule has 0 atom stereocenters. The van der Waals surface area contributed by atoms with Crippen molar-refractivity contribution < 1.29 is 9.59 Å². The Labute approximate surface area is 156 Å². The van der Waals surface area contributed by atoms with Gasteiger partial charge in [-0.05, 0) is 38.5 Å². The highest BCUT2D eigenvalue weighted by Gasteiger charge is 2.10. The molecule has 0 radical (unpaired) electrons. The first kappa shape index (κ1) is 19.7. The molecule has 2 rings (SSSR count). The van der Waals surface area contributed by atoms with Crippen molar-refractivity contribution >= 4 is 17.4 Å². The van der Waals surface area contributed by atoms with Gasteiger partial charge in [-0.3, -0.25) is 9.59 Å². The number of ketones is 1. The minimum absolute atomic E-state index is 0.00935. The number of likely N-dealkylation sites (N-methyl/N-ethyl adjacent to an activating group) is 1. The normalized spacial score (nSPS) is 10.4. The number of aryl methyl sites for hydroxylation is 2. The third kappa shape index (κ3) is 6.03. The van der Waals surface area contributed by atoms with E-state index in [9.17, 15) is 9.59 Å². The summed E-state index contributed by atoms with van der Waals surface area (Å²) in [6.45, 7) is 8.36. The van der Waals surface area contributed by atoms with E-state index >= 15 is 0 Å². The van der Waals surface area contributed by atoms with Crippen molar-refractivity contribution in [3.8, 4) is 0 Å². The fourth-order valence-corrected chi connectivity index (χ4v) is 2.82. The monoisotopic (exact) mass is 352 g/mol. The Kier molecular flexibility index (Phi) is 7.39. The van der Waals surface area contributed by atoms with Gasteiger partial charge in [-0.2, -0.15) is 0 Å². The van der Waals surface area contributed by atoms with E-state index in [2.05, 4.69) is 42.3 Å². The van der Waals surface area contributed by atoms with Gasteiger partial charge in [-0.25, -0.2) is 0 Å². The number of nitrogens with zero attached hydrogens (tertiary/aromatic N) is 1. The molecular weight excluding hydrogens is 324 g/mol. The fourth-order valence-electron chi connectivity index (χ4n) is 2.82. The third-order valence-corrected chi connectivity index (χ3v) is 4.41. The van der Waals surface area contributed by atoms with Gasteiger partial charge in [-0.1, -0.05) is 42.0 Å². The molecule has 0 saturated heterocycles. The molecule has 0 aliphatic rings. The zero-order valence-electron chi connectivity index (χ0n) is 15.9. The van der Waals surface area contributed by atoms with Gasteiger partial charge in [0.2, 0.25) is 5.91 Å². The van der Waals surface area contributed by atoms with E-state index in [1.54, 1.807) is 0 Å². The number of Topliss-reactive ketones (excluding diaryl/α,β-unsaturated/α-hetero) is 1. The van der Waals surface area contributed by atoms with E-state index in [-0.39, 0.29) is 24.5 Å². The summed E-state index contributed by atoms with van der Waals surface area (Å²) in [6, 6.07) is 15.8. The number of benzene rings is 2. The van der Waals surface area contributed by atoms with Crippen LogP contribution in [0.25, 0.3) is 0 Å². The Balaban J connectivity index is 1.74. The lowest BCUT2D eigenvalue weighted by Gasteiger charge is -2.23. The van der Waals surface area contributed by atoms with Crippen LogP contribution in [0.4, 0.5) is 5.69 Å². The first-order valence-electron chi connectivity index (χ1n) is 9.17. The second kappa shape index (κ2) is 9.76. The van der Waals surface area contributed by atoms with Crippen molar-refractivity contribution in [3.05, 3.63) is 65.2 Å². The Bertz CT molecular complexity index is 738. The molecule has 2 aromatic rings. The lowest BCUT2D eigenvalue weighted by atomic mass is 10.1. The number of hydrogen-bond donors (Lipinski definition) is 1. The van der Waals surface area contributed by atoms with Gasteiger partial charge in [-0.15, -0.1) is 0 Å². The van der Waals surface area contributed by atoms with Gasteiger partial charge in [0.05, 0.1) is 0 Å². The summed E-state index contributed by atoms with van der Waals surface area (Å²) in [7, 11) is 0. The maximum absolute atomic E-state index is 12.1. The maximum Gasteiger partial charge on any atom is 0.220 e. The summed E-state index contributed by atoms with van der Waals surface area (Å²) in [5.74, 6) is -0.0687. The summed E-state index contributed by atoms with van der Waals surface area (Å²) in [5.41, 5.74) is 4.17. The topological polar surface area (TPSA) is 49.4 Å². The van der Waals surface area contributed by atoms with Gasteiger partial charge in [0.15, 0.2) is 5.78 Å². The predicted molar refractivity (Wildman–Crippen MR) is 107 cm³/mol. The molecule has 26 heavy (non-hydrogen) atoms. The quantitative estimate of drug-likeness (QED) is 0.696. The predicted octanol–water partition coefficient (Wildman–Crippen LogP) is 3.91. The number of hydrogen-bond acceptors (Lipinski definition) is 3. The fraction of sp³-hybridized carbons (Fsp3) is 0.364. The van der Waals surface area contributed by atoms with Gasteiger partial charge in [0, 0.05) is 43.7 Å². The first-order chi connectivity index (χ1) is 12.5. The molecule has 2 aromatic carbocycles. The summed E-state index contributed by atoms with van der Waals surface area (Å²) >= 11 is 0. The van der Waals surface area contributed by atoms with Crippen molar-refractivity contribution in [2.24, 2.45) is 0 Å². The Morgan fingerprint density at radius 2 is 1.69 bits per heavy atom. The molecule has 0 spiro atoms. The zero-order valence-corrected chi connectivity index (χ0v) is 15.9. The average Bonchev–Trinajstić information content (AvgIpc) is 2.64. The SMILES string of the molecule is CCN(CCNC(=O)CCC(=O)c1ccc(C)cc1)c1cccc(C)c1. The molecule has 0 unspecified atom stereocenters. The Morgan fingerprint density at radius 1 is 0.962 bits per heavy atom. The van der Waals surface area contributed by atoms with Crippen LogP contribution in [0.2, 0.25) is 0 Å². The van der Waals surface area contributed by atoms with Crippen LogP contribution in [0.5, 0.6) is 0 Å². The minimum atomic E-state index is -0.0780. The molecule has 138 valence electrons. The molecule has 0 saturated carbocycles. The van der Waals surface area contributed by atoms with Crippen LogP contribution in [0, 0.1) is 13.8 Å². The zero-order chi connectivity index (χ0) is 18.9. The molecule has 4 nitrogen and oxygen atoms in total. The van der Waals surface area contributed by atoms with E-state index in [4.69, 9.17) is 0 Å². The molecule has 0 heterocycles. The van der Waals surface area contributed by atoms with Crippen LogP contribution in [0.1, 0.15) is 41.3 Å². The summed E-state index contributed by atoms with van der Waals surface area (Å²) < 4.78 is 0. The number of carbonyl (C=O) groups excluding carboxylic acids is 2. The van der Waals surface area contributed by atoms with Crippen LogP contribution in [0.15, 0.2) is 48.5 Å². The molecule has 0 bridgehead atoms. The van der Waals surface area contributed by atoms with Gasteiger partial charge >= 0.3 is 0 Å². The minimum Gasteiger partial charge on any atom is -0.370 e. The molecular formula is C22H28N2O2. The van der Waals surface area contributed by atoms with Crippen molar-refractivity contribution in [1.82, 2.24) is 5.32 Å². The molecule has 0 aliphatic carbocycles. The van der Waals surface area contributed by atoms with E-state index in [0.29, 0.717) is 12.1 Å². The maximum atomic E-state index is 12.1. The van der Waals surface area contributed by atoms with Crippen molar-refractivity contribution in [2.75, 3.05) is 24.5 Å². The second-order valence-corrected chi connectivity index (χ2v) is 6.56. The van der Waals surface area contributed by atoms with E-state index in [0.717, 1.165) is 24.3 Å². The van der Waals surface area contributed by atoms with Crippen molar-refractivity contribution in [3.63, 3.8) is 0 Å². The third-order valence-electron chi connectivity index (χ3n) is 4.41. The molecule has 4 heteroatoms. The number of carbonyl (C=O) groups is 2. The molecule has 1 N–H and O–H groups in total. The first-order valence-corrected chi connectivity index (χ1v) is 9.17. The summed E-state index contributed by atoms with van der Waals surface area (Å²) in [4.78, 5) is 26.4. The van der Waals surface area contributed by atoms with Gasteiger partial charge in [0.25, 0.3) is 0 Å². The van der Waals surface area contributed by atoms with Crippen molar-refractivity contribution in [2.45, 2.75) is 33.6 Å². The number of amides is 1. The second-order valence-electron chi connectivity index (χ2n) is 6.56. The Hall–Kier alpha value is -2.62. The van der Waals surface area contributed by atoms with Crippen molar-refractivity contribution in [1.29, 1.82) is 0 Å². The smallest absolute Gasteiger partial charge is 0.220 e. The number of anilines is 1. The summed E-state index contributed by atoms with van der Waals surface area (Å²) in [5, 5.41) is 2.91. The van der Waals surface area contributed by atoms with Gasteiger partial charge < -0.3 is 10.2 Å². The average molecular weight is 352 g/mol. The van der Waals surface area contributed by atoms with Crippen LogP contribution < -0.4 is 10.2 Å². The largest absolute Gasteiger partial charge is 0.370 e. The molecule has 1 amide bonds. The highest BCUT2D eigenvalue weighted by atomic mass is 16.2. The lowest BCUT2D eigenvalue weighted by Crippen LogP contribution is -2.35. The highest BCUT2D eigenvalue weighted by Crippen LogP contribution is 2.15. The molecule has 0 aliphatic heterocycles. The van der Waals surface area contributed by atoms with Crippen LogP contribution in [-0.4, -0.2) is 31.3 Å². The Morgan fingerprint density at radius 3 is 2.35 bits per heavy atom. The number of nitrogens with one attached hydrogen (secondary N) is 1. The van der Waals surface area contributed by atoms with E-state index in [1.807, 2.05) is 37.3 Å². The lowest BCUT2D eigenvalue weighted by molar-refractivity contribution is -0.121. The van der Waals surface area contributed by atoms with Crippen LogP contribution in [0.3, 0.4) is 0 Å². The standard InChI is InChI=1S/C22H28N2O2/c1-4-24(20-7-5-6-18(3)16-20)15-14-23-22(26)13-12-21(25)19-10-8-17(2)9-11-19/h5-11,16H,4,12-15H2,1-3H3,(H,23,26). The van der Waals surface area contributed by atoms with E-state index in [1.165, 1.54) is 5.56 Å². The van der Waals surface area contributed by atoms with Crippen LogP contribution in [-0.2, 0) is 4.79 Å². The molecule has 0 aromatic heterocycles. The highest BCUT2D eigenvalue weighted by molar-refractivity contribution is 5.97. The van der Waals surface area contributed by atoms with Gasteiger partial charge in [0.1, 0.15) is 0 Å². The summed E-state index contributed by atoms with van der Waals surface area (Å²) in [6.07, 6.45) is 0.466. The number of rotatable bonds is 9. The van der Waals surface area contributed by atoms with E-state index < -0.39 is 0 Å². The molecule has 0 fully saturated rings. The van der Waals surface area contributed by atoms with Crippen LogP contribution >= 0.6 is 0 Å².